The highest BCUT2D eigenvalue weighted by molar-refractivity contribution is 6.30. The Morgan fingerprint density at radius 3 is 2.88 bits per heavy atom. The average Bonchev–Trinajstić information content (AvgIpc) is 2.95. The number of epoxide rings is 1. The normalized spacial score (nSPS) is 23.2. The maximum atomic E-state index is 11.6. The molecular weight excluding hydrogens is 226 g/mol. The van der Waals surface area contributed by atoms with Gasteiger partial charge in [-0.3, -0.25) is 4.79 Å². The molecule has 1 amide bonds. The van der Waals surface area contributed by atoms with Crippen LogP contribution < -0.4 is 5.32 Å². The van der Waals surface area contributed by atoms with Crippen LogP contribution in [0, 0.1) is 0 Å². The van der Waals surface area contributed by atoms with Gasteiger partial charge in [0.15, 0.2) is 6.10 Å². The Hall–Kier alpha value is -1.06. The van der Waals surface area contributed by atoms with E-state index in [2.05, 4.69) is 5.32 Å². The van der Waals surface area contributed by atoms with Gasteiger partial charge in [0.1, 0.15) is 6.10 Å². The van der Waals surface area contributed by atoms with Gasteiger partial charge in [0.2, 0.25) is 0 Å². The number of hydrogen-bond donors (Lipinski definition) is 1. The summed E-state index contributed by atoms with van der Waals surface area (Å²) in [6, 6.07) is 7.54. The zero-order valence-electron chi connectivity index (χ0n) is 9.24. The number of carbonyl (C=O) groups is 1. The second kappa shape index (κ2) is 4.44. The van der Waals surface area contributed by atoms with Gasteiger partial charge in [0.25, 0.3) is 5.91 Å². The Balaban J connectivity index is 1.99. The van der Waals surface area contributed by atoms with Crippen LogP contribution >= 0.6 is 11.6 Å². The van der Waals surface area contributed by atoms with E-state index in [1.165, 1.54) is 0 Å². The molecule has 1 N–H and O–H groups in total. The van der Waals surface area contributed by atoms with Crippen LogP contribution in [0.5, 0.6) is 0 Å². The summed E-state index contributed by atoms with van der Waals surface area (Å²) in [5.41, 5.74) is 0.955. The maximum absolute atomic E-state index is 11.6. The van der Waals surface area contributed by atoms with Crippen molar-refractivity contribution in [3.63, 3.8) is 0 Å². The molecule has 1 heterocycles. The Morgan fingerprint density at radius 1 is 1.50 bits per heavy atom. The lowest BCUT2D eigenvalue weighted by Crippen LogP contribution is -2.33. The summed E-state index contributed by atoms with van der Waals surface area (Å²) in [6.45, 7) is 3.85. The van der Waals surface area contributed by atoms with Gasteiger partial charge in [-0.25, -0.2) is 0 Å². The van der Waals surface area contributed by atoms with Gasteiger partial charge in [-0.2, -0.15) is 0 Å². The SMILES string of the molecule is CC(C)NC(=O)C1OC1c1cccc(Cl)c1. The summed E-state index contributed by atoms with van der Waals surface area (Å²) in [5.74, 6) is -0.0556. The number of halogens is 1. The van der Waals surface area contributed by atoms with Crippen molar-refractivity contribution in [1.29, 1.82) is 0 Å². The Kier molecular flexibility index (Phi) is 3.17. The number of ether oxygens (including phenoxy) is 1. The smallest absolute Gasteiger partial charge is 0.252 e. The topological polar surface area (TPSA) is 41.6 Å². The molecule has 3 nitrogen and oxygen atoms in total. The van der Waals surface area contributed by atoms with E-state index in [1.54, 1.807) is 6.07 Å². The van der Waals surface area contributed by atoms with E-state index in [-0.39, 0.29) is 24.2 Å². The van der Waals surface area contributed by atoms with Crippen molar-refractivity contribution >= 4 is 17.5 Å². The van der Waals surface area contributed by atoms with E-state index in [0.29, 0.717) is 5.02 Å². The van der Waals surface area contributed by atoms with E-state index in [1.807, 2.05) is 32.0 Å². The van der Waals surface area contributed by atoms with E-state index in [9.17, 15) is 4.79 Å². The molecule has 0 bridgehead atoms. The first-order chi connectivity index (χ1) is 7.58. The van der Waals surface area contributed by atoms with Crippen molar-refractivity contribution in [3.05, 3.63) is 34.9 Å². The minimum atomic E-state index is -0.360. The molecule has 0 spiro atoms. The monoisotopic (exact) mass is 239 g/mol. The van der Waals surface area contributed by atoms with Crippen molar-refractivity contribution in [2.45, 2.75) is 32.1 Å². The highest BCUT2D eigenvalue weighted by Crippen LogP contribution is 2.39. The van der Waals surface area contributed by atoms with Crippen molar-refractivity contribution in [2.75, 3.05) is 0 Å². The first-order valence-electron chi connectivity index (χ1n) is 5.29. The Bertz CT molecular complexity index is 406. The maximum Gasteiger partial charge on any atom is 0.252 e. The zero-order chi connectivity index (χ0) is 11.7. The molecule has 1 fully saturated rings. The van der Waals surface area contributed by atoms with Crippen LogP contribution in [0.1, 0.15) is 25.5 Å². The largest absolute Gasteiger partial charge is 0.354 e. The molecular formula is C12H14ClNO2. The molecule has 1 aromatic rings. The molecule has 0 saturated carbocycles. The third kappa shape index (κ3) is 2.54. The fourth-order valence-electron chi connectivity index (χ4n) is 1.62. The lowest BCUT2D eigenvalue weighted by Gasteiger charge is -2.05. The highest BCUT2D eigenvalue weighted by atomic mass is 35.5. The van der Waals surface area contributed by atoms with Crippen LogP contribution in [-0.4, -0.2) is 18.1 Å². The third-order valence-electron chi connectivity index (χ3n) is 2.36. The Morgan fingerprint density at radius 2 is 2.25 bits per heavy atom. The predicted molar refractivity (Wildman–Crippen MR) is 62.3 cm³/mol. The zero-order valence-corrected chi connectivity index (χ0v) is 9.99. The number of carbonyl (C=O) groups excluding carboxylic acids is 1. The summed E-state index contributed by atoms with van der Waals surface area (Å²) in [5, 5.41) is 3.49. The quantitative estimate of drug-likeness (QED) is 0.823. The first kappa shape index (κ1) is 11.4. The lowest BCUT2D eigenvalue weighted by molar-refractivity contribution is -0.122. The van der Waals surface area contributed by atoms with Gasteiger partial charge in [-0.15, -0.1) is 0 Å². The molecule has 1 saturated heterocycles. The van der Waals surface area contributed by atoms with Crippen molar-refractivity contribution < 1.29 is 9.53 Å². The molecule has 86 valence electrons. The van der Waals surface area contributed by atoms with E-state index in [4.69, 9.17) is 16.3 Å². The fraction of sp³-hybridized carbons (Fsp3) is 0.417. The minimum Gasteiger partial charge on any atom is -0.354 e. The second-order valence-electron chi connectivity index (χ2n) is 4.20. The molecule has 2 atom stereocenters. The van der Waals surface area contributed by atoms with Crippen LogP contribution in [0.25, 0.3) is 0 Å². The molecule has 0 aliphatic carbocycles. The van der Waals surface area contributed by atoms with Gasteiger partial charge in [-0.05, 0) is 31.5 Å². The number of nitrogens with one attached hydrogen (secondary N) is 1. The van der Waals surface area contributed by atoms with Gasteiger partial charge in [-0.1, -0.05) is 23.7 Å². The van der Waals surface area contributed by atoms with Gasteiger partial charge >= 0.3 is 0 Å². The predicted octanol–water partition coefficient (Wildman–Crippen LogP) is 2.30. The summed E-state index contributed by atoms with van der Waals surface area (Å²) >= 11 is 5.87. The molecule has 2 unspecified atom stereocenters. The molecule has 4 heteroatoms. The molecule has 0 aromatic heterocycles. The van der Waals surface area contributed by atoms with Gasteiger partial charge < -0.3 is 10.1 Å². The molecule has 2 rings (SSSR count). The molecule has 1 aliphatic rings. The van der Waals surface area contributed by atoms with Crippen molar-refractivity contribution in [2.24, 2.45) is 0 Å². The van der Waals surface area contributed by atoms with E-state index < -0.39 is 0 Å². The molecule has 1 aromatic carbocycles. The molecule has 16 heavy (non-hydrogen) atoms. The van der Waals surface area contributed by atoms with Gasteiger partial charge in [0, 0.05) is 11.1 Å². The molecule has 1 aliphatic heterocycles. The van der Waals surface area contributed by atoms with Crippen LogP contribution in [0.2, 0.25) is 5.02 Å². The summed E-state index contributed by atoms with van der Waals surface area (Å²) in [4.78, 5) is 11.6. The number of amides is 1. The summed E-state index contributed by atoms with van der Waals surface area (Å²) in [6.07, 6.45) is -0.502. The Labute approximate surface area is 99.7 Å². The van der Waals surface area contributed by atoms with Crippen molar-refractivity contribution in [3.8, 4) is 0 Å². The standard InChI is InChI=1S/C12H14ClNO2/c1-7(2)14-12(15)11-10(16-11)8-4-3-5-9(13)6-8/h3-7,10-11H,1-2H3,(H,14,15). The lowest BCUT2D eigenvalue weighted by atomic mass is 10.1. The number of rotatable bonds is 3. The first-order valence-corrected chi connectivity index (χ1v) is 5.67. The third-order valence-corrected chi connectivity index (χ3v) is 2.59. The van der Waals surface area contributed by atoms with Crippen LogP contribution in [0.4, 0.5) is 0 Å². The number of benzene rings is 1. The summed E-state index contributed by atoms with van der Waals surface area (Å²) in [7, 11) is 0. The summed E-state index contributed by atoms with van der Waals surface area (Å²) < 4.78 is 5.35. The van der Waals surface area contributed by atoms with Crippen LogP contribution in [-0.2, 0) is 9.53 Å². The number of hydrogen-bond acceptors (Lipinski definition) is 2. The van der Waals surface area contributed by atoms with Gasteiger partial charge in [0.05, 0.1) is 0 Å². The van der Waals surface area contributed by atoms with E-state index in [0.717, 1.165) is 5.56 Å². The fourth-order valence-corrected chi connectivity index (χ4v) is 1.81. The molecule has 0 radical (unpaired) electrons. The second-order valence-corrected chi connectivity index (χ2v) is 4.63. The van der Waals surface area contributed by atoms with Crippen LogP contribution in [0.3, 0.4) is 0 Å². The average molecular weight is 240 g/mol. The van der Waals surface area contributed by atoms with E-state index >= 15 is 0 Å². The van der Waals surface area contributed by atoms with Crippen LogP contribution in [0.15, 0.2) is 24.3 Å². The highest BCUT2D eigenvalue weighted by Gasteiger charge is 2.46. The minimum absolute atomic E-state index is 0.0556. The van der Waals surface area contributed by atoms with Crippen molar-refractivity contribution in [1.82, 2.24) is 5.32 Å².